The van der Waals surface area contributed by atoms with Crippen LogP contribution in [0.3, 0.4) is 0 Å². The van der Waals surface area contributed by atoms with Gasteiger partial charge in [0.2, 0.25) is 0 Å². The summed E-state index contributed by atoms with van der Waals surface area (Å²) in [7, 11) is 0. The molecule has 22 heavy (non-hydrogen) atoms. The van der Waals surface area contributed by atoms with Gasteiger partial charge in [0.25, 0.3) is 0 Å². The Kier molecular flexibility index (Phi) is 4.54. The molecule has 0 N–H and O–H groups in total. The van der Waals surface area contributed by atoms with Crippen molar-refractivity contribution < 1.29 is 31.1 Å². The van der Waals surface area contributed by atoms with Crippen molar-refractivity contribution in [1.82, 2.24) is 4.98 Å². The second-order valence-corrected chi connectivity index (χ2v) is 5.25. The summed E-state index contributed by atoms with van der Waals surface area (Å²) in [4.78, 5) is 3.65. The minimum absolute atomic E-state index is 0.0998. The lowest BCUT2D eigenvalue weighted by Gasteiger charge is -2.15. The number of benzene rings is 1. The highest BCUT2D eigenvalue weighted by Gasteiger charge is 2.37. The van der Waals surface area contributed by atoms with Crippen molar-refractivity contribution in [3.05, 3.63) is 45.7 Å². The van der Waals surface area contributed by atoms with Gasteiger partial charge in [-0.05, 0) is 40.8 Å². The van der Waals surface area contributed by atoms with Gasteiger partial charge in [0, 0.05) is 15.3 Å². The topological polar surface area (TPSA) is 22.1 Å². The molecular formula is C13H6F6INO. The number of alkyl halides is 6. The van der Waals surface area contributed by atoms with Crippen molar-refractivity contribution in [2.45, 2.75) is 12.5 Å². The minimum Gasteiger partial charge on any atom is -0.406 e. The second kappa shape index (κ2) is 5.94. The number of rotatable bonds is 2. The van der Waals surface area contributed by atoms with Crippen LogP contribution < -0.4 is 4.74 Å². The molecule has 0 saturated heterocycles. The highest BCUT2D eigenvalue weighted by Crippen LogP contribution is 2.39. The van der Waals surface area contributed by atoms with Gasteiger partial charge in [-0.1, -0.05) is 12.1 Å². The van der Waals surface area contributed by atoms with E-state index in [0.717, 1.165) is 24.4 Å². The number of aromatic nitrogens is 1. The third-order valence-corrected chi connectivity index (χ3v) is 3.42. The molecule has 0 amide bonds. The zero-order chi connectivity index (χ0) is 16.5. The Labute approximate surface area is 134 Å². The van der Waals surface area contributed by atoms with Crippen LogP contribution in [0.1, 0.15) is 5.56 Å². The van der Waals surface area contributed by atoms with Crippen LogP contribution in [-0.4, -0.2) is 11.3 Å². The first-order valence-electron chi connectivity index (χ1n) is 5.66. The largest absolute Gasteiger partial charge is 0.573 e. The molecule has 0 spiro atoms. The zero-order valence-corrected chi connectivity index (χ0v) is 12.6. The van der Waals surface area contributed by atoms with E-state index < -0.39 is 29.5 Å². The second-order valence-electron chi connectivity index (χ2n) is 4.09. The van der Waals surface area contributed by atoms with Crippen LogP contribution in [0.2, 0.25) is 0 Å². The van der Waals surface area contributed by atoms with Crippen LogP contribution in [-0.2, 0) is 6.18 Å². The molecule has 118 valence electrons. The molecule has 2 rings (SSSR count). The van der Waals surface area contributed by atoms with E-state index in [9.17, 15) is 26.3 Å². The van der Waals surface area contributed by atoms with Crippen molar-refractivity contribution in [2.75, 3.05) is 0 Å². The first-order chi connectivity index (χ1) is 10.1. The van der Waals surface area contributed by atoms with Gasteiger partial charge in [-0.2, -0.15) is 13.2 Å². The molecule has 0 aliphatic rings. The van der Waals surface area contributed by atoms with Gasteiger partial charge in [0.1, 0.15) is 5.75 Å². The van der Waals surface area contributed by atoms with Crippen LogP contribution in [0.15, 0.2) is 36.5 Å². The maximum Gasteiger partial charge on any atom is 0.573 e. The van der Waals surface area contributed by atoms with Crippen molar-refractivity contribution in [1.29, 1.82) is 0 Å². The predicted octanol–water partition coefficient (Wildman–Crippen LogP) is 5.27. The van der Waals surface area contributed by atoms with Gasteiger partial charge < -0.3 is 4.74 Å². The Morgan fingerprint density at radius 2 is 1.68 bits per heavy atom. The van der Waals surface area contributed by atoms with Crippen LogP contribution in [0.5, 0.6) is 5.75 Å². The van der Waals surface area contributed by atoms with E-state index in [0.29, 0.717) is 0 Å². The van der Waals surface area contributed by atoms with Gasteiger partial charge in [-0.3, -0.25) is 4.98 Å². The third-order valence-electron chi connectivity index (χ3n) is 2.52. The van der Waals surface area contributed by atoms with Crippen molar-refractivity contribution >= 4 is 22.6 Å². The van der Waals surface area contributed by atoms with Crippen LogP contribution in [0.4, 0.5) is 26.3 Å². The molecule has 0 unspecified atom stereocenters. The summed E-state index contributed by atoms with van der Waals surface area (Å²) < 4.78 is 79.5. The molecule has 2 nitrogen and oxygen atoms in total. The highest BCUT2D eigenvalue weighted by molar-refractivity contribution is 14.1. The number of nitrogens with zero attached hydrogens (tertiary/aromatic N) is 1. The van der Waals surface area contributed by atoms with E-state index in [1.54, 1.807) is 0 Å². The Hall–Kier alpha value is -1.52. The Morgan fingerprint density at radius 1 is 1.00 bits per heavy atom. The summed E-state index contributed by atoms with van der Waals surface area (Å²) in [6, 6.07) is 5.43. The van der Waals surface area contributed by atoms with Gasteiger partial charge in [0.15, 0.2) is 0 Å². The SMILES string of the molecule is FC(F)(F)Oc1cccc(-c2nccc(I)c2C(F)(F)F)c1. The molecule has 0 radical (unpaired) electrons. The van der Waals surface area contributed by atoms with E-state index in [1.807, 2.05) is 0 Å². The summed E-state index contributed by atoms with van der Waals surface area (Å²) in [6.45, 7) is 0. The molecule has 2 aromatic rings. The van der Waals surface area contributed by atoms with Crippen LogP contribution in [0, 0.1) is 3.57 Å². The normalized spacial score (nSPS) is 12.3. The first kappa shape index (κ1) is 16.8. The Bertz CT molecular complexity index is 683. The number of pyridine rings is 1. The standard InChI is InChI=1S/C13H6F6INO/c14-12(15,16)10-9(20)4-5-21-11(10)7-2-1-3-8(6-7)22-13(17,18)19/h1-6H. The lowest BCUT2D eigenvalue weighted by Crippen LogP contribution is -2.17. The summed E-state index contributed by atoms with van der Waals surface area (Å²) in [6.07, 6.45) is -8.45. The zero-order valence-electron chi connectivity index (χ0n) is 10.5. The summed E-state index contributed by atoms with van der Waals surface area (Å²) in [5.74, 6) is -0.612. The van der Waals surface area contributed by atoms with E-state index in [4.69, 9.17) is 0 Å². The summed E-state index contributed by atoms with van der Waals surface area (Å²) in [5.41, 5.74) is -1.57. The molecule has 0 aliphatic carbocycles. The fourth-order valence-corrected chi connectivity index (χ4v) is 2.49. The molecule has 0 saturated carbocycles. The van der Waals surface area contributed by atoms with Crippen molar-refractivity contribution in [3.8, 4) is 17.0 Å². The molecule has 0 bridgehead atoms. The number of halogens is 7. The molecule has 1 aromatic carbocycles. The molecular weight excluding hydrogens is 427 g/mol. The van der Waals surface area contributed by atoms with E-state index in [-0.39, 0.29) is 9.13 Å². The monoisotopic (exact) mass is 433 g/mol. The van der Waals surface area contributed by atoms with Crippen molar-refractivity contribution in [3.63, 3.8) is 0 Å². The highest BCUT2D eigenvalue weighted by atomic mass is 127. The van der Waals surface area contributed by atoms with Crippen molar-refractivity contribution in [2.24, 2.45) is 0 Å². The fourth-order valence-electron chi connectivity index (χ4n) is 1.77. The molecule has 9 heteroatoms. The Morgan fingerprint density at radius 3 is 2.27 bits per heavy atom. The number of hydrogen-bond donors (Lipinski definition) is 0. The minimum atomic E-state index is -4.93. The number of hydrogen-bond acceptors (Lipinski definition) is 2. The molecule has 1 heterocycles. The average Bonchev–Trinajstić information content (AvgIpc) is 2.35. The fraction of sp³-hybridized carbons (Fsp3) is 0.154. The van der Waals surface area contributed by atoms with Gasteiger partial charge in [0.05, 0.1) is 11.3 Å². The first-order valence-corrected chi connectivity index (χ1v) is 6.74. The summed E-state index contributed by atoms with van der Waals surface area (Å²) in [5, 5.41) is 0. The van der Waals surface area contributed by atoms with Crippen LogP contribution in [0.25, 0.3) is 11.3 Å². The third kappa shape index (κ3) is 4.02. The smallest absolute Gasteiger partial charge is 0.406 e. The van der Waals surface area contributed by atoms with Gasteiger partial charge >= 0.3 is 12.5 Å². The summed E-state index contributed by atoms with van der Waals surface area (Å²) >= 11 is 1.50. The lowest BCUT2D eigenvalue weighted by molar-refractivity contribution is -0.274. The molecule has 0 fully saturated rings. The molecule has 0 atom stereocenters. The number of ether oxygens (including phenoxy) is 1. The van der Waals surface area contributed by atoms with Gasteiger partial charge in [-0.25, -0.2) is 0 Å². The maximum absolute atomic E-state index is 13.1. The van der Waals surface area contributed by atoms with Crippen LogP contribution >= 0.6 is 22.6 Å². The predicted molar refractivity (Wildman–Crippen MR) is 74.1 cm³/mol. The molecule has 1 aromatic heterocycles. The Balaban J connectivity index is 2.54. The quantitative estimate of drug-likeness (QED) is 0.476. The van der Waals surface area contributed by atoms with Gasteiger partial charge in [-0.15, -0.1) is 13.2 Å². The van der Waals surface area contributed by atoms with E-state index in [2.05, 4.69) is 9.72 Å². The molecule has 0 aliphatic heterocycles. The maximum atomic E-state index is 13.1. The van der Waals surface area contributed by atoms with E-state index in [1.165, 1.54) is 34.7 Å². The van der Waals surface area contributed by atoms with E-state index >= 15 is 0 Å². The average molecular weight is 433 g/mol. The lowest BCUT2D eigenvalue weighted by atomic mass is 10.1.